The zero-order chi connectivity index (χ0) is 42.7. The molecule has 4 heterocycles. The fraction of sp³-hybridized carbons (Fsp3) is 0.391. The molecule has 61 heavy (non-hydrogen) atoms. The molecule has 0 radical (unpaired) electrons. The van der Waals surface area contributed by atoms with Gasteiger partial charge in [0.25, 0.3) is 0 Å². The largest absolute Gasteiger partial charge is 0.459 e. The molecule has 4 aromatic rings. The Bertz CT molecular complexity index is 2150. The minimum Gasteiger partial charge on any atom is -0.459 e. The Morgan fingerprint density at radius 1 is 0.525 bits per heavy atom. The second kappa shape index (κ2) is 17.8. The number of carbonyl (C=O) groups excluding carboxylic acids is 4. The van der Waals surface area contributed by atoms with Crippen molar-refractivity contribution in [3.05, 3.63) is 144 Å². The summed E-state index contributed by atoms with van der Waals surface area (Å²) in [4.78, 5) is 55.4. The van der Waals surface area contributed by atoms with Gasteiger partial charge in [0, 0.05) is 0 Å². The van der Waals surface area contributed by atoms with Crippen molar-refractivity contribution in [3.63, 3.8) is 0 Å². The molecule has 4 aliphatic rings. The third-order valence-electron chi connectivity index (χ3n) is 10.5. The second-order valence-corrected chi connectivity index (χ2v) is 15.8. The van der Waals surface area contributed by atoms with Gasteiger partial charge in [0.15, 0.2) is 42.5 Å². The molecule has 0 aliphatic carbocycles. The summed E-state index contributed by atoms with van der Waals surface area (Å²) in [5.74, 6) is -5.25. The summed E-state index contributed by atoms with van der Waals surface area (Å²) < 4.78 is 68.8. The summed E-state index contributed by atoms with van der Waals surface area (Å²) in [6.07, 6.45) is -12.2. The van der Waals surface area contributed by atoms with E-state index in [0.717, 1.165) is 0 Å². The van der Waals surface area contributed by atoms with E-state index in [1.807, 2.05) is 0 Å². The van der Waals surface area contributed by atoms with Crippen LogP contribution >= 0.6 is 0 Å². The summed E-state index contributed by atoms with van der Waals surface area (Å²) in [5.41, 5.74) is 0.699. The van der Waals surface area contributed by atoms with E-state index in [-0.39, 0.29) is 28.9 Å². The van der Waals surface area contributed by atoms with Gasteiger partial charge in [-0.25, -0.2) is 19.2 Å². The number of benzene rings is 4. The average molecular weight is 839 g/mol. The molecule has 10 atom stereocenters. The zero-order valence-electron chi connectivity index (χ0n) is 33.9. The van der Waals surface area contributed by atoms with Gasteiger partial charge in [-0.3, -0.25) is 0 Å². The first-order valence-electron chi connectivity index (χ1n) is 20.0. The number of hydrogen-bond donors (Lipinski definition) is 0. The highest BCUT2D eigenvalue weighted by Gasteiger charge is 2.62. The molecular formula is C46H46O15. The third kappa shape index (κ3) is 9.68. The van der Waals surface area contributed by atoms with E-state index in [1.165, 1.54) is 24.3 Å². The summed E-state index contributed by atoms with van der Waals surface area (Å²) in [5, 5.41) is 0. The van der Waals surface area contributed by atoms with Crippen molar-refractivity contribution < 1.29 is 71.3 Å². The Morgan fingerprint density at radius 2 is 1.00 bits per heavy atom. The lowest BCUT2D eigenvalue weighted by molar-refractivity contribution is -0.322. The summed E-state index contributed by atoms with van der Waals surface area (Å²) in [6, 6.07) is 32.6. The molecule has 15 heteroatoms. The molecule has 0 spiro atoms. The first-order chi connectivity index (χ1) is 29.3. The normalized spacial score (nSPS) is 29.8. The topological polar surface area (TPSA) is 170 Å². The van der Waals surface area contributed by atoms with Gasteiger partial charge in [0.1, 0.15) is 37.1 Å². The maximum Gasteiger partial charge on any atom is 0.338 e. The minimum absolute atomic E-state index is 0.130. The van der Waals surface area contributed by atoms with Crippen LogP contribution in [0, 0.1) is 0 Å². The molecule has 0 aromatic heterocycles. The quantitative estimate of drug-likeness (QED) is 0.126. The van der Waals surface area contributed by atoms with Gasteiger partial charge >= 0.3 is 23.9 Å². The zero-order valence-corrected chi connectivity index (χ0v) is 33.9. The number of fused-ring (bicyclic) bond motifs is 1. The maximum absolute atomic E-state index is 14.1. The molecule has 0 bridgehead atoms. The molecule has 320 valence electrons. The Balaban J connectivity index is 1.21. The van der Waals surface area contributed by atoms with E-state index in [0.29, 0.717) is 0 Å². The van der Waals surface area contributed by atoms with Crippen molar-refractivity contribution >= 4 is 23.9 Å². The van der Waals surface area contributed by atoms with Crippen LogP contribution < -0.4 is 0 Å². The summed E-state index contributed by atoms with van der Waals surface area (Å²) >= 11 is 0. The van der Waals surface area contributed by atoms with Crippen LogP contribution in [-0.2, 0) is 52.1 Å². The molecular weight excluding hydrogens is 792 g/mol. The van der Waals surface area contributed by atoms with Gasteiger partial charge < -0.3 is 52.1 Å². The van der Waals surface area contributed by atoms with Crippen molar-refractivity contribution in [1.29, 1.82) is 0 Å². The number of rotatable bonds is 12. The fourth-order valence-electron chi connectivity index (χ4n) is 7.63. The van der Waals surface area contributed by atoms with Crippen LogP contribution in [-0.4, -0.2) is 110 Å². The third-order valence-corrected chi connectivity index (χ3v) is 10.5. The van der Waals surface area contributed by atoms with E-state index in [4.69, 9.17) is 52.1 Å². The van der Waals surface area contributed by atoms with E-state index in [2.05, 4.69) is 0 Å². The van der Waals surface area contributed by atoms with Gasteiger partial charge in [0.05, 0.1) is 28.9 Å². The van der Waals surface area contributed by atoms with Gasteiger partial charge in [0.2, 0.25) is 0 Å². The molecule has 4 saturated heterocycles. The lowest BCUT2D eigenvalue weighted by Crippen LogP contribution is -2.64. The van der Waals surface area contributed by atoms with Crippen LogP contribution in [0.4, 0.5) is 0 Å². The lowest BCUT2D eigenvalue weighted by atomic mass is 9.97. The maximum atomic E-state index is 14.1. The number of ether oxygens (including phenoxy) is 11. The predicted octanol–water partition coefficient (Wildman–Crippen LogP) is 5.66. The predicted molar refractivity (Wildman–Crippen MR) is 211 cm³/mol. The highest BCUT2D eigenvalue weighted by molar-refractivity contribution is 5.91. The van der Waals surface area contributed by atoms with Crippen LogP contribution in [0.1, 0.15) is 69.1 Å². The highest BCUT2D eigenvalue weighted by atomic mass is 16.9. The van der Waals surface area contributed by atoms with Gasteiger partial charge in [-0.1, -0.05) is 72.8 Å². The molecule has 0 saturated carbocycles. The van der Waals surface area contributed by atoms with Crippen molar-refractivity contribution in [1.82, 2.24) is 0 Å². The summed E-state index contributed by atoms with van der Waals surface area (Å²) in [7, 11) is 0. The highest BCUT2D eigenvalue weighted by Crippen LogP contribution is 2.44. The standard InChI is InChI=1S/C46H46O15/c1-45(2)52-26-32(59-45)34-36(38-44(57-34)61-46(3,4)60-38)58-43-37(56-42(50)30-23-15-8-16-24-30)35(55-41(49)29-21-13-7-14-22-29)33(54-40(48)28-19-11-6-12-20-28)31(53-43)25-51-39(47)27-17-9-5-10-18-27/h5-24,31-38,43-44H,25-26H2,1-4H3/t31?,32?,33-,34-,35-,36-,37?,38?,43-,44-/m0/s1. The summed E-state index contributed by atoms with van der Waals surface area (Å²) in [6.45, 7) is 6.58. The van der Waals surface area contributed by atoms with Gasteiger partial charge in [-0.05, 0) is 76.2 Å². The first kappa shape index (κ1) is 42.2. The molecule has 4 aromatic carbocycles. The Labute approximate surface area is 352 Å². The van der Waals surface area contributed by atoms with Crippen LogP contribution in [0.15, 0.2) is 121 Å². The van der Waals surface area contributed by atoms with E-state index in [9.17, 15) is 19.2 Å². The van der Waals surface area contributed by atoms with Crippen molar-refractivity contribution in [2.45, 2.75) is 101 Å². The van der Waals surface area contributed by atoms with Crippen molar-refractivity contribution in [2.24, 2.45) is 0 Å². The number of esters is 4. The Hall–Kier alpha value is -5.52. The lowest BCUT2D eigenvalue weighted by Gasteiger charge is -2.45. The van der Waals surface area contributed by atoms with Crippen molar-refractivity contribution in [2.75, 3.05) is 13.2 Å². The number of hydrogen-bond acceptors (Lipinski definition) is 15. The average Bonchev–Trinajstić information content (AvgIpc) is 3.90. The van der Waals surface area contributed by atoms with E-state index in [1.54, 1.807) is 125 Å². The molecule has 0 amide bonds. The van der Waals surface area contributed by atoms with Gasteiger partial charge in [-0.15, -0.1) is 0 Å². The SMILES string of the molecule is CC1(C)OCC([C@@H]2O[C@H]3OC(C)(C)OC3[C@H]2O[C@@H]2OC(COC(=O)c3ccccc3)[C@H](OC(=O)c3ccccc3)[C@H](OC(=O)c3ccccc3)C2OC(=O)c2ccccc2)O1. The van der Waals surface area contributed by atoms with Crippen LogP contribution in [0.5, 0.6) is 0 Å². The first-order valence-corrected chi connectivity index (χ1v) is 20.0. The molecule has 4 fully saturated rings. The minimum atomic E-state index is -1.64. The van der Waals surface area contributed by atoms with Crippen molar-refractivity contribution in [3.8, 4) is 0 Å². The molecule has 4 aliphatic heterocycles. The van der Waals surface area contributed by atoms with Crippen LogP contribution in [0.25, 0.3) is 0 Å². The fourth-order valence-corrected chi connectivity index (χ4v) is 7.63. The van der Waals surface area contributed by atoms with Crippen LogP contribution in [0.2, 0.25) is 0 Å². The molecule has 15 nitrogen and oxygen atoms in total. The number of carbonyl (C=O) groups is 4. The van der Waals surface area contributed by atoms with Crippen LogP contribution in [0.3, 0.4) is 0 Å². The smallest absolute Gasteiger partial charge is 0.338 e. The monoisotopic (exact) mass is 838 g/mol. The van der Waals surface area contributed by atoms with E-state index < -0.39 is 103 Å². The van der Waals surface area contributed by atoms with E-state index >= 15 is 0 Å². The molecule has 0 N–H and O–H groups in total. The Morgan fingerprint density at radius 3 is 1.49 bits per heavy atom. The van der Waals surface area contributed by atoms with Gasteiger partial charge in [-0.2, -0.15) is 0 Å². The second-order valence-electron chi connectivity index (χ2n) is 15.8. The molecule has 4 unspecified atom stereocenters. The molecule has 8 rings (SSSR count). The Kier molecular flexibility index (Phi) is 12.3.